The Labute approximate surface area is 500 Å². The molecule has 462 valence electrons. The number of carbonyl (C=O) groups is 4. The van der Waals surface area contributed by atoms with E-state index in [1.165, 1.54) is 0 Å². The number of methoxy groups -OCH3 is 2. The second kappa shape index (κ2) is 26.8. The van der Waals surface area contributed by atoms with Gasteiger partial charge in [-0.2, -0.15) is 0 Å². The first-order chi connectivity index (χ1) is 38.9. The standard InChI is InChI=1S/C36H57N3O4.C33H51N3O4/c1-25(2)43-33(41)28-14-12-27(13-15-28)30(18-19-34(3,4)5)39-32(40)31(38-22-10-11-26(23-38)24-42-9)37-36(39)20-16-29(17-21-36)35(6,7)8;1-31(2,3)17-16-27(24-10-12-25(13-11-24)30(38)39)36-29(37)28(35-20-8-9-23(21-35)22-40-7)34-33(36)18-14-26(15-19-33)32(4,5)6/h12-15,25-26,29-30H,10-11,16-24H2,1-9H3;10-13,23,26-27H,8-9,14-22H2,1-7H3,(H,38,39)/t26?,29?,30-,36?;23?,26?,27-,33?/m11/s1. The van der Waals surface area contributed by atoms with Crippen molar-refractivity contribution in [1.82, 2.24) is 19.6 Å². The van der Waals surface area contributed by atoms with E-state index in [9.17, 15) is 24.3 Å². The number of rotatable bonds is 15. The van der Waals surface area contributed by atoms with Crippen LogP contribution in [0.3, 0.4) is 0 Å². The molecule has 4 fully saturated rings. The SMILES string of the molecule is COCC1CCCN(C2=NC3(CCC(C(C)(C)C)CC3)N([C@H](CCC(C)(C)C)c3ccc(C(=O)O)cc3)C2=O)C1.COCC1CCCN(C2=NC3(CCC(C(C)(C)C)CC3)N([C@H](CCC(C)(C)C)c3ccc(C(=O)OC(C)C)cc3)C2=O)C1. The molecule has 2 unspecified atom stereocenters. The molecule has 2 aromatic rings. The number of nitrogens with zero attached hydrogens (tertiary/aromatic N) is 6. The molecule has 1 N–H and O–H groups in total. The van der Waals surface area contributed by atoms with Crippen molar-refractivity contribution in [2.24, 2.45) is 55.3 Å². The zero-order chi connectivity index (χ0) is 60.9. The molecule has 2 aliphatic carbocycles. The van der Waals surface area contributed by atoms with E-state index >= 15 is 0 Å². The van der Waals surface area contributed by atoms with E-state index in [0.29, 0.717) is 54.1 Å². The van der Waals surface area contributed by atoms with Crippen molar-refractivity contribution < 1.29 is 38.5 Å². The van der Waals surface area contributed by atoms with Gasteiger partial charge in [-0.25, -0.2) is 19.6 Å². The third-order valence-corrected chi connectivity index (χ3v) is 19.2. The predicted octanol–water partition coefficient (Wildman–Crippen LogP) is 14.4. The first-order valence-corrected chi connectivity index (χ1v) is 31.9. The smallest absolute Gasteiger partial charge is 0.338 e. The van der Waals surface area contributed by atoms with Crippen molar-refractivity contribution in [2.75, 3.05) is 53.6 Å². The lowest BCUT2D eigenvalue weighted by molar-refractivity contribution is -0.135. The maximum Gasteiger partial charge on any atom is 0.338 e. The van der Waals surface area contributed by atoms with Crippen molar-refractivity contribution >= 4 is 35.4 Å². The fraction of sp³-hybridized carbons (Fsp3) is 0.739. The van der Waals surface area contributed by atoms with Crippen molar-refractivity contribution in [3.63, 3.8) is 0 Å². The molecular formula is C69H108N6O8. The van der Waals surface area contributed by atoms with Crippen LogP contribution in [0.1, 0.15) is 244 Å². The molecule has 14 heteroatoms. The number of hydrogen-bond acceptors (Lipinski definition) is 11. The first kappa shape index (κ1) is 65.7. The number of hydrogen-bond donors (Lipinski definition) is 1. The predicted molar refractivity (Wildman–Crippen MR) is 332 cm³/mol. The van der Waals surface area contributed by atoms with Crippen LogP contribution in [0, 0.1) is 45.3 Å². The second-order valence-electron chi connectivity index (χ2n) is 30.5. The van der Waals surface area contributed by atoms with Crippen LogP contribution in [0.15, 0.2) is 58.5 Å². The van der Waals surface area contributed by atoms with Gasteiger partial charge < -0.3 is 38.9 Å². The van der Waals surface area contributed by atoms with Gasteiger partial charge in [0.25, 0.3) is 11.8 Å². The number of likely N-dealkylation sites (tertiary alicyclic amines) is 2. The summed E-state index contributed by atoms with van der Waals surface area (Å²) >= 11 is 0. The van der Waals surface area contributed by atoms with Crippen LogP contribution in [0.25, 0.3) is 0 Å². The van der Waals surface area contributed by atoms with Gasteiger partial charge in [-0.05, 0) is 197 Å². The van der Waals surface area contributed by atoms with Crippen LogP contribution in [0.2, 0.25) is 0 Å². The summed E-state index contributed by atoms with van der Waals surface area (Å²) in [6.45, 7) is 35.9. The number of benzene rings is 2. The zero-order valence-corrected chi connectivity index (χ0v) is 54.2. The lowest BCUT2D eigenvalue weighted by Crippen LogP contribution is -2.52. The Bertz CT molecular complexity index is 2560. The van der Waals surface area contributed by atoms with Gasteiger partial charge in [0, 0.05) is 40.4 Å². The van der Waals surface area contributed by atoms with Gasteiger partial charge >= 0.3 is 11.9 Å². The minimum absolute atomic E-state index is 0.0356. The van der Waals surface area contributed by atoms with Crippen LogP contribution in [0.4, 0.5) is 0 Å². The highest BCUT2D eigenvalue weighted by atomic mass is 16.5. The third kappa shape index (κ3) is 16.4. The Hall–Kier alpha value is -4.82. The highest BCUT2D eigenvalue weighted by Gasteiger charge is 2.56. The zero-order valence-electron chi connectivity index (χ0n) is 54.2. The summed E-state index contributed by atoms with van der Waals surface area (Å²) in [5, 5.41) is 9.51. The highest BCUT2D eigenvalue weighted by molar-refractivity contribution is 6.40. The summed E-state index contributed by atoms with van der Waals surface area (Å²) in [4.78, 5) is 73.1. The van der Waals surface area contributed by atoms with E-state index in [2.05, 4.69) is 103 Å². The van der Waals surface area contributed by atoms with Gasteiger partial charge in [0.2, 0.25) is 0 Å². The van der Waals surface area contributed by atoms with Gasteiger partial charge in [0.15, 0.2) is 11.7 Å². The number of aliphatic imine (C=N–C) groups is 2. The van der Waals surface area contributed by atoms with Gasteiger partial charge in [-0.1, -0.05) is 107 Å². The molecule has 0 bridgehead atoms. The molecule has 2 saturated heterocycles. The number of ether oxygens (including phenoxy) is 3. The van der Waals surface area contributed by atoms with Crippen LogP contribution in [-0.4, -0.2) is 131 Å². The van der Waals surface area contributed by atoms with Gasteiger partial charge in [0.1, 0.15) is 11.3 Å². The molecule has 2 spiro atoms. The maximum atomic E-state index is 14.7. The number of piperidine rings is 2. The summed E-state index contributed by atoms with van der Waals surface area (Å²) in [5.41, 5.74) is 2.42. The van der Waals surface area contributed by atoms with Gasteiger partial charge in [-0.15, -0.1) is 0 Å². The van der Waals surface area contributed by atoms with E-state index in [1.54, 1.807) is 26.4 Å². The Balaban J connectivity index is 0.000000239. The lowest BCUT2D eigenvalue weighted by atomic mass is 9.69. The maximum absolute atomic E-state index is 14.7. The number of carbonyl (C=O) groups excluding carboxylic acids is 3. The summed E-state index contributed by atoms with van der Waals surface area (Å²) in [6.07, 6.45) is 15.4. The summed E-state index contributed by atoms with van der Waals surface area (Å²) in [6, 6.07) is 14.6. The largest absolute Gasteiger partial charge is 0.478 e. The Kier molecular flexibility index (Phi) is 21.3. The molecule has 2 amide bonds. The third-order valence-electron chi connectivity index (χ3n) is 19.2. The molecule has 0 radical (unpaired) electrons. The fourth-order valence-electron chi connectivity index (χ4n) is 14.3. The molecule has 4 aliphatic heterocycles. The molecule has 2 aromatic carbocycles. The Morgan fingerprint density at radius 1 is 0.578 bits per heavy atom. The molecule has 83 heavy (non-hydrogen) atoms. The number of amides is 2. The average molecular weight is 1150 g/mol. The molecule has 6 aliphatic rings. The van der Waals surface area contributed by atoms with Gasteiger partial charge in [-0.3, -0.25) is 9.59 Å². The number of amidine groups is 2. The molecule has 0 aromatic heterocycles. The van der Waals surface area contributed by atoms with Crippen molar-refractivity contribution in [1.29, 1.82) is 0 Å². The minimum Gasteiger partial charge on any atom is -0.478 e. The summed E-state index contributed by atoms with van der Waals surface area (Å²) in [7, 11) is 3.51. The van der Waals surface area contributed by atoms with Crippen LogP contribution >= 0.6 is 0 Å². The van der Waals surface area contributed by atoms with Crippen LogP contribution in [-0.2, 0) is 23.8 Å². The van der Waals surface area contributed by atoms with E-state index in [1.807, 2.05) is 50.2 Å². The summed E-state index contributed by atoms with van der Waals surface area (Å²) in [5.74, 6) is 2.13. The monoisotopic (exact) mass is 1150 g/mol. The van der Waals surface area contributed by atoms with E-state index in [-0.39, 0.29) is 63.2 Å². The van der Waals surface area contributed by atoms with Crippen LogP contribution in [0.5, 0.6) is 0 Å². The number of esters is 1. The second-order valence-corrected chi connectivity index (χ2v) is 30.5. The number of carboxylic acids is 1. The normalized spacial score (nSPS) is 26.3. The molecule has 2 saturated carbocycles. The van der Waals surface area contributed by atoms with Crippen molar-refractivity contribution in [2.45, 2.75) is 229 Å². The molecule has 4 heterocycles. The quantitative estimate of drug-likeness (QED) is 0.170. The molecule has 4 atom stereocenters. The van der Waals surface area contributed by atoms with E-state index < -0.39 is 17.3 Å². The highest BCUT2D eigenvalue weighted by Crippen LogP contribution is 2.52. The first-order valence-electron chi connectivity index (χ1n) is 31.9. The van der Waals surface area contributed by atoms with E-state index in [4.69, 9.17) is 24.2 Å². The van der Waals surface area contributed by atoms with Crippen LogP contribution < -0.4 is 0 Å². The molecule has 8 rings (SSSR count). The molecule has 14 nitrogen and oxygen atoms in total. The number of aromatic carboxylic acids is 1. The lowest BCUT2D eigenvalue weighted by Gasteiger charge is -2.47. The minimum atomic E-state index is -0.937. The Morgan fingerprint density at radius 3 is 1.25 bits per heavy atom. The van der Waals surface area contributed by atoms with E-state index in [0.717, 1.165) is 140 Å². The average Bonchev–Trinajstić information content (AvgIpc) is 2.00. The summed E-state index contributed by atoms with van der Waals surface area (Å²) < 4.78 is 16.4. The van der Waals surface area contributed by atoms with Crippen molar-refractivity contribution in [3.8, 4) is 0 Å². The Morgan fingerprint density at radius 2 is 0.940 bits per heavy atom. The van der Waals surface area contributed by atoms with Crippen molar-refractivity contribution in [3.05, 3.63) is 70.8 Å². The molecular weight excluding hydrogens is 1040 g/mol. The topological polar surface area (TPSA) is 154 Å². The van der Waals surface area contributed by atoms with Gasteiger partial charge in [0.05, 0.1) is 42.5 Å². The number of carboxylic acid groups (broad SMARTS) is 1. The fourth-order valence-corrected chi connectivity index (χ4v) is 14.3.